The molecule has 2 N–H and O–H groups in total. The maximum atomic E-state index is 12.6. The number of hydrogen-bond acceptors (Lipinski definition) is 5. The Morgan fingerprint density at radius 1 is 1.12 bits per heavy atom. The summed E-state index contributed by atoms with van der Waals surface area (Å²) in [6.07, 6.45) is 3.45. The van der Waals surface area contributed by atoms with Gasteiger partial charge in [-0.25, -0.2) is 4.98 Å². The van der Waals surface area contributed by atoms with E-state index in [1.807, 2.05) is 48.7 Å². The van der Waals surface area contributed by atoms with Crippen molar-refractivity contribution in [3.05, 3.63) is 94.7 Å². The van der Waals surface area contributed by atoms with Gasteiger partial charge in [0, 0.05) is 23.6 Å². The van der Waals surface area contributed by atoms with Gasteiger partial charge in [0.05, 0.1) is 23.0 Å². The minimum Gasteiger partial charge on any atom is -0.465 e. The summed E-state index contributed by atoms with van der Waals surface area (Å²) in [4.78, 5) is 29.4. The summed E-state index contributed by atoms with van der Waals surface area (Å²) in [6, 6.07) is 16.4. The van der Waals surface area contributed by atoms with Crippen molar-refractivity contribution in [1.82, 2.24) is 14.9 Å². The second kappa shape index (κ2) is 10.6. The van der Waals surface area contributed by atoms with Gasteiger partial charge in [-0.1, -0.05) is 35.5 Å². The number of halogens is 1. The van der Waals surface area contributed by atoms with Crippen LogP contribution in [-0.4, -0.2) is 27.1 Å². The van der Waals surface area contributed by atoms with Gasteiger partial charge in [0.25, 0.3) is 5.91 Å². The molecule has 0 aliphatic rings. The number of amides is 2. The lowest BCUT2D eigenvalue weighted by atomic mass is 10.2. The van der Waals surface area contributed by atoms with Gasteiger partial charge in [0.1, 0.15) is 11.5 Å². The minimum absolute atomic E-state index is 0.157. The maximum Gasteiger partial charge on any atom is 0.251 e. The van der Waals surface area contributed by atoms with Crippen LogP contribution in [0.1, 0.15) is 27.4 Å². The molecule has 0 fully saturated rings. The fourth-order valence-electron chi connectivity index (χ4n) is 3.28. The number of aryl methyl sites for hydroxylation is 2. The zero-order chi connectivity index (χ0) is 24.1. The number of carbonyl (C=O) groups is 2. The van der Waals surface area contributed by atoms with Crippen LogP contribution in [0, 0.1) is 13.8 Å². The molecule has 174 valence electrons. The van der Waals surface area contributed by atoms with Crippen molar-refractivity contribution in [2.45, 2.75) is 25.5 Å². The second-order valence-corrected chi connectivity index (χ2v) is 9.00. The van der Waals surface area contributed by atoms with E-state index in [2.05, 4.69) is 15.6 Å². The van der Waals surface area contributed by atoms with E-state index < -0.39 is 0 Å². The molecule has 7 nitrogen and oxygen atoms in total. The number of hydrogen-bond donors (Lipinski definition) is 2. The fourth-order valence-corrected chi connectivity index (χ4v) is 4.33. The number of thioether (sulfide) groups is 1. The lowest BCUT2D eigenvalue weighted by Crippen LogP contribution is -2.22. The molecule has 9 heteroatoms. The molecule has 4 rings (SSSR count). The molecule has 0 spiro atoms. The van der Waals surface area contributed by atoms with E-state index in [0.29, 0.717) is 33.7 Å². The Hall–Kier alpha value is -3.49. The fraction of sp³-hybridized carbons (Fsp3) is 0.160. The van der Waals surface area contributed by atoms with Crippen molar-refractivity contribution in [3.8, 4) is 5.69 Å². The van der Waals surface area contributed by atoms with Crippen LogP contribution in [0.25, 0.3) is 5.69 Å². The highest BCUT2D eigenvalue weighted by Gasteiger charge is 2.13. The van der Waals surface area contributed by atoms with Crippen molar-refractivity contribution < 1.29 is 14.0 Å². The van der Waals surface area contributed by atoms with Crippen molar-refractivity contribution >= 4 is 40.9 Å². The standard InChI is InChI=1S/C25H23ClN4O3S/c1-16-6-9-22(21(26)12-16)29-23(31)15-34-25-27-10-11-30(25)19-5-3-4-18(13-19)24(32)28-14-20-8-7-17(2)33-20/h3-13H,14-15H2,1-2H3,(H,28,32)(H,29,31). The summed E-state index contributed by atoms with van der Waals surface area (Å²) in [5, 5.41) is 6.81. The summed E-state index contributed by atoms with van der Waals surface area (Å²) in [6.45, 7) is 4.10. The predicted molar refractivity (Wildman–Crippen MR) is 134 cm³/mol. The summed E-state index contributed by atoms with van der Waals surface area (Å²) in [7, 11) is 0. The molecule has 0 aliphatic heterocycles. The van der Waals surface area contributed by atoms with Gasteiger partial charge in [-0.15, -0.1) is 0 Å². The lowest BCUT2D eigenvalue weighted by molar-refractivity contribution is -0.113. The number of benzene rings is 2. The van der Waals surface area contributed by atoms with Crippen LogP contribution in [0.5, 0.6) is 0 Å². The molecular formula is C25H23ClN4O3S. The number of furan rings is 1. The molecular weight excluding hydrogens is 472 g/mol. The molecule has 0 saturated carbocycles. The highest BCUT2D eigenvalue weighted by atomic mass is 35.5. The average Bonchev–Trinajstić information content (AvgIpc) is 3.47. The van der Waals surface area contributed by atoms with Crippen LogP contribution in [0.15, 0.2) is 76.6 Å². The molecule has 2 aromatic carbocycles. The summed E-state index contributed by atoms with van der Waals surface area (Å²) >= 11 is 7.49. The molecule has 2 amide bonds. The van der Waals surface area contributed by atoms with E-state index in [1.54, 1.807) is 36.7 Å². The zero-order valence-electron chi connectivity index (χ0n) is 18.7. The molecule has 0 aliphatic carbocycles. The van der Waals surface area contributed by atoms with E-state index in [0.717, 1.165) is 17.0 Å². The first-order chi connectivity index (χ1) is 16.4. The SMILES string of the molecule is Cc1ccc(NC(=O)CSc2nccn2-c2cccc(C(=O)NCc3ccc(C)o3)c2)c(Cl)c1. The first-order valence-corrected chi connectivity index (χ1v) is 11.9. The van der Waals surface area contributed by atoms with Crippen molar-refractivity contribution in [3.63, 3.8) is 0 Å². The third kappa shape index (κ3) is 5.89. The number of carbonyl (C=O) groups excluding carboxylic acids is 2. The number of nitrogens with zero attached hydrogens (tertiary/aromatic N) is 2. The summed E-state index contributed by atoms with van der Waals surface area (Å²) in [5.41, 5.74) is 2.87. The van der Waals surface area contributed by atoms with Crippen molar-refractivity contribution in [2.75, 3.05) is 11.1 Å². The van der Waals surface area contributed by atoms with Gasteiger partial charge in [-0.2, -0.15) is 0 Å². The summed E-state index contributed by atoms with van der Waals surface area (Å²) in [5.74, 6) is 1.25. The molecule has 0 saturated heterocycles. The van der Waals surface area contributed by atoms with E-state index in [4.69, 9.17) is 16.0 Å². The first-order valence-electron chi connectivity index (χ1n) is 10.5. The van der Waals surface area contributed by atoms with E-state index in [1.165, 1.54) is 11.8 Å². The maximum absolute atomic E-state index is 12.6. The third-order valence-corrected chi connectivity index (χ3v) is 6.22. The monoisotopic (exact) mass is 494 g/mol. The van der Waals surface area contributed by atoms with Crippen LogP contribution in [0.4, 0.5) is 5.69 Å². The van der Waals surface area contributed by atoms with Gasteiger partial charge in [0.2, 0.25) is 5.91 Å². The minimum atomic E-state index is -0.209. The normalized spacial score (nSPS) is 10.8. The smallest absolute Gasteiger partial charge is 0.251 e. The van der Waals surface area contributed by atoms with Crippen LogP contribution >= 0.6 is 23.4 Å². The van der Waals surface area contributed by atoms with Gasteiger partial charge in [0.15, 0.2) is 5.16 Å². The molecule has 34 heavy (non-hydrogen) atoms. The molecule has 0 radical (unpaired) electrons. The third-order valence-electron chi connectivity index (χ3n) is 4.94. The van der Waals surface area contributed by atoms with Crippen LogP contribution in [0.2, 0.25) is 5.02 Å². The molecule has 2 heterocycles. The molecule has 0 unspecified atom stereocenters. The predicted octanol–water partition coefficient (Wildman–Crippen LogP) is 5.40. The van der Waals surface area contributed by atoms with E-state index in [-0.39, 0.29) is 17.6 Å². The van der Waals surface area contributed by atoms with Gasteiger partial charge < -0.3 is 15.1 Å². The van der Waals surface area contributed by atoms with Gasteiger partial charge >= 0.3 is 0 Å². The Morgan fingerprint density at radius 3 is 2.74 bits per heavy atom. The Balaban J connectivity index is 1.39. The van der Waals surface area contributed by atoms with Crippen LogP contribution in [0.3, 0.4) is 0 Å². The summed E-state index contributed by atoms with van der Waals surface area (Å²) < 4.78 is 7.33. The largest absolute Gasteiger partial charge is 0.465 e. The van der Waals surface area contributed by atoms with Gasteiger partial charge in [-0.3, -0.25) is 14.2 Å². The van der Waals surface area contributed by atoms with Crippen molar-refractivity contribution in [2.24, 2.45) is 0 Å². The topological polar surface area (TPSA) is 89.2 Å². The van der Waals surface area contributed by atoms with E-state index >= 15 is 0 Å². The highest BCUT2D eigenvalue weighted by molar-refractivity contribution is 7.99. The van der Waals surface area contributed by atoms with Gasteiger partial charge in [-0.05, 0) is 61.9 Å². The molecule has 2 aromatic heterocycles. The zero-order valence-corrected chi connectivity index (χ0v) is 20.2. The Labute approximate surface area is 206 Å². The van der Waals surface area contributed by atoms with Crippen molar-refractivity contribution in [1.29, 1.82) is 0 Å². The Morgan fingerprint density at radius 2 is 1.97 bits per heavy atom. The Kier molecular flexibility index (Phi) is 7.40. The number of rotatable bonds is 8. The molecule has 4 aromatic rings. The molecule has 0 bridgehead atoms. The number of anilines is 1. The quantitative estimate of drug-likeness (QED) is 0.320. The Bertz CT molecular complexity index is 1330. The second-order valence-electron chi connectivity index (χ2n) is 7.65. The van der Waals surface area contributed by atoms with Crippen LogP contribution in [-0.2, 0) is 11.3 Å². The lowest BCUT2D eigenvalue weighted by Gasteiger charge is -2.10. The highest BCUT2D eigenvalue weighted by Crippen LogP contribution is 2.25. The van der Waals surface area contributed by atoms with Crippen LogP contribution < -0.4 is 10.6 Å². The first kappa shape index (κ1) is 23.7. The number of imidazole rings is 1. The average molecular weight is 495 g/mol. The van der Waals surface area contributed by atoms with E-state index in [9.17, 15) is 9.59 Å². The molecule has 0 atom stereocenters. The number of aromatic nitrogens is 2. The number of nitrogens with one attached hydrogen (secondary N) is 2.